The van der Waals surface area contributed by atoms with E-state index >= 15 is 0 Å². The van der Waals surface area contributed by atoms with E-state index in [-0.39, 0.29) is 11.7 Å². The third-order valence-corrected chi connectivity index (χ3v) is 4.58. The van der Waals surface area contributed by atoms with Gasteiger partial charge in [0.05, 0.1) is 10.8 Å². The molecule has 0 radical (unpaired) electrons. The van der Waals surface area contributed by atoms with Gasteiger partial charge >= 0.3 is 0 Å². The van der Waals surface area contributed by atoms with Crippen LogP contribution in [0.15, 0.2) is 23.1 Å². The summed E-state index contributed by atoms with van der Waals surface area (Å²) in [5.41, 5.74) is 7.17. The van der Waals surface area contributed by atoms with Crippen LogP contribution in [0.1, 0.15) is 18.4 Å². The lowest BCUT2D eigenvalue weighted by atomic mass is 10.2. The van der Waals surface area contributed by atoms with Crippen LogP contribution in [0.2, 0.25) is 0 Å². The number of hydrogen-bond donors (Lipinski definition) is 2. The summed E-state index contributed by atoms with van der Waals surface area (Å²) >= 11 is 0. The first-order valence-corrected chi connectivity index (χ1v) is 7.40. The summed E-state index contributed by atoms with van der Waals surface area (Å²) in [6, 6.07) is 5.29. The monoisotopic (exact) mass is 266 g/mol. The standard InChI is InChI=1S/C13H18N2O2S/c1-9-11(14)3-2-4-12(9)18(17)8-13(16)15-7-10-5-6-10/h2-4,10H,5-8,14H2,1H3,(H,15,16). The summed E-state index contributed by atoms with van der Waals surface area (Å²) in [7, 11) is -1.32. The van der Waals surface area contributed by atoms with Gasteiger partial charge in [0.1, 0.15) is 5.75 Å². The second-order valence-electron chi connectivity index (χ2n) is 4.71. The molecule has 1 unspecified atom stereocenters. The molecule has 98 valence electrons. The maximum Gasteiger partial charge on any atom is 0.233 e. The molecule has 3 N–H and O–H groups in total. The highest BCUT2D eigenvalue weighted by molar-refractivity contribution is 7.85. The van der Waals surface area contributed by atoms with Crippen molar-refractivity contribution in [3.05, 3.63) is 23.8 Å². The summed E-state index contributed by atoms with van der Waals surface area (Å²) in [5, 5.41) is 2.82. The average Bonchev–Trinajstić information content (AvgIpc) is 3.14. The average molecular weight is 266 g/mol. The highest BCUT2D eigenvalue weighted by Gasteiger charge is 2.22. The van der Waals surface area contributed by atoms with Crippen LogP contribution in [0.3, 0.4) is 0 Å². The quantitative estimate of drug-likeness (QED) is 0.787. The molecule has 1 aliphatic rings. The minimum absolute atomic E-state index is 0.0109. The van der Waals surface area contributed by atoms with Gasteiger partial charge in [0.2, 0.25) is 5.91 Å². The summed E-state index contributed by atoms with van der Waals surface area (Å²) in [4.78, 5) is 12.3. The molecule has 1 fully saturated rings. The molecule has 5 heteroatoms. The van der Waals surface area contributed by atoms with Crippen LogP contribution < -0.4 is 11.1 Å². The molecule has 1 atom stereocenters. The van der Waals surface area contributed by atoms with Gasteiger partial charge < -0.3 is 11.1 Å². The Morgan fingerprint density at radius 1 is 1.50 bits per heavy atom. The molecular formula is C13H18N2O2S. The second-order valence-corrected chi connectivity index (χ2v) is 6.13. The number of rotatable bonds is 5. The molecule has 0 saturated heterocycles. The SMILES string of the molecule is Cc1c(N)cccc1S(=O)CC(=O)NCC1CC1. The van der Waals surface area contributed by atoms with Gasteiger partial charge in [-0.15, -0.1) is 0 Å². The molecule has 4 nitrogen and oxygen atoms in total. The number of nitrogens with two attached hydrogens (primary N) is 1. The highest BCUT2D eigenvalue weighted by Crippen LogP contribution is 2.27. The van der Waals surface area contributed by atoms with Crippen LogP contribution in [0, 0.1) is 12.8 Å². The van der Waals surface area contributed by atoms with E-state index < -0.39 is 10.8 Å². The highest BCUT2D eigenvalue weighted by atomic mass is 32.2. The lowest BCUT2D eigenvalue weighted by Crippen LogP contribution is -2.30. The summed E-state index contributed by atoms with van der Waals surface area (Å²) in [5.74, 6) is 0.496. The molecular weight excluding hydrogens is 248 g/mol. The Bertz CT molecular complexity index is 484. The summed E-state index contributed by atoms with van der Waals surface area (Å²) in [6.45, 7) is 2.54. The minimum atomic E-state index is -1.32. The molecule has 0 aromatic heterocycles. The van der Waals surface area contributed by atoms with Crippen LogP contribution in [-0.4, -0.2) is 22.4 Å². The van der Waals surface area contributed by atoms with Crippen LogP contribution in [-0.2, 0) is 15.6 Å². The number of benzene rings is 1. The number of nitrogen functional groups attached to an aromatic ring is 1. The van der Waals surface area contributed by atoms with E-state index in [2.05, 4.69) is 5.32 Å². The first-order valence-electron chi connectivity index (χ1n) is 6.08. The van der Waals surface area contributed by atoms with Gasteiger partial charge in [0.25, 0.3) is 0 Å². The predicted molar refractivity (Wildman–Crippen MR) is 72.6 cm³/mol. The summed E-state index contributed by atoms with van der Waals surface area (Å²) in [6.07, 6.45) is 2.38. The van der Waals surface area contributed by atoms with Crippen molar-refractivity contribution in [2.75, 3.05) is 18.0 Å². The van der Waals surface area contributed by atoms with E-state index in [0.717, 1.165) is 5.56 Å². The van der Waals surface area contributed by atoms with Crippen molar-refractivity contribution < 1.29 is 9.00 Å². The van der Waals surface area contributed by atoms with Crippen molar-refractivity contribution in [1.29, 1.82) is 0 Å². The molecule has 0 bridgehead atoms. The molecule has 18 heavy (non-hydrogen) atoms. The Labute approximate surface area is 109 Å². The smallest absolute Gasteiger partial charge is 0.233 e. The Balaban J connectivity index is 1.93. The summed E-state index contributed by atoms with van der Waals surface area (Å²) < 4.78 is 12.1. The van der Waals surface area contributed by atoms with E-state index in [1.54, 1.807) is 18.2 Å². The number of carbonyl (C=O) groups excluding carboxylic acids is 1. The van der Waals surface area contributed by atoms with Crippen molar-refractivity contribution in [2.45, 2.75) is 24.7 Å². The van der Waals surface area contributed by atoms with E-state index in [1.165, 1.54) is 12.8 Å². The molecule has 1 aromatic rings. The molecule has 0 heterocycles. The normalized spacial score (nSPS) is 16.3. The topological polar surface area (TPSA) is 72.2 Å². The van der Waals surface area contributed by atoms with Gasteiger partial charge in [-0.2, -0.15) is 0 Å². The number of hydrogen-bond acceptors (Lipinski definition) is 3. The van der Waals surface area contributed by atoms with E-state index in [4.69, 9.17) is 5.73 Å². The van der Waals surface area contributed by atoms with E-state index in [1.807, 2.05) is 6.92 Å². The molecule has 1 saturated carbocycles. The predicted octanol–water partition coefficient (Wildman–Crippen LogP) is 1.21. The van der Waals surface area contributed by atoms with Crippen LogP contribution >= 0.6 is 0 Å². The van der Waals surface area contributed by atoms with Gasteiger partial charge in [0.15, 0.2) is 0 Å². The van der Waals surface area contributed by atoms with Crippen molar-refractivity contribution in [1.82, 2.24) is 5.32 Å². The first-order chi connectivity index (χ1) is 8.58. The third-order valence-electron chi connectivity index (χ3n) is 3.12. The first kappa shape index (κ1) is 13.1. The Kier molecular flexibility index (Phi) is 4.01. The van der Waals surface area contributed by atoms with Crippen LogP contribution in [0.5, 0.6) is 0 Å². The molecule has 1 aromatic carbocycles. The second kappa shape index (κ2) is 5.52. The van der Waals surface area contributed by atoms with E-state index in [9.17, 15) is 9.00 Å². The Morgan fingerprint density at radius 2 is 2.22 bits per heavy atom. The number of amides is 1. The van der Waals surface area contributed by atoms with Crippen molar-refractivity contribution >= 4 is 22.4 Å². The number of nitrogens with one attached hydrogen (secondary N) is 1. The van der Waals surface area contributed by atoms with Gasteiger partial charge in [-0.25, -0.2) is 0 Å². The number of carbonyl (C=O) groups is 1. The third kappa shape index (κ3) is 3.32. The van der Waals surface area contributed by atoms with E-state index in [0.29, 0.717) is 23.0 Å². The number of anilines is 1. The molecule has 1 aliphatic carbocycles. The maximum atomic E-state index is 12.1. The lowest BCUT2D eigenvalue weighted by Gasteiger charge is -2.08. The zero-order valence-corrected chi connectivity index (χ0v) is 11.3. The zero-order chi connectivity index (χ0) is 13.1. The molecule has 0 aliphatic heterocycles. The Hall–Kier alpha value is -1.36. The van der Waals surface area contributed by atoms with Crippen molar-refractivity contribution in [2.24, 2.45) is 5.92 Å². The van der Waals surface area contributed by atoms with Crippen molar-refractivity contribution in [3.8, 4) is 0 Å². The van der Waals surface area contributed by atoms with Crippen molar-refractivity contribution in [3.63, 3.8) is 0 Å². The molecule has 1 amide bonds. The minimum Gasteiger partial charge on any atom is -0.398 e. The zero-order valence-electron chi connectivity index (χ0n) is 10.4. The molecule has 2 rings (SSSR count). The van der Waals surface area contributed by atoms with Crippen LogP contribution in [0.4, 0.5) is 5.69 Å². The van der Waals surface area contributed by atoms with Gasteiger partial charge in [-0.3, -0.25) is 9.00 Å². The van der Waals surface area contributed by atoms with Gasteiger partial charge in [-0.05, 0) is 43.4 Å². The fourth-order valence-corrected chi connectivity index (χ4v) is 2.89. The molecule has 0 spiro atoms. The van der Waals surface area contributed by atoms with Gasteiger partial charge in [0, 0.05) is 17.1 Å². The lowest BCUT2D eigenvalue weighted by molar-refractivity contribution is -0.118. The largest absolute Gasteiger partial charge is 0.398 e. The Morgan fingerprint density at radius 3 is 2.89 bits per heavy atom. The maximum absolute atomic E-state index is 12.1. The van der Waals surface area contributed by atoms with Crippen LogP contribution in [0.25, 0.3) is 0 Å². The fourth-order valence-electron chi connectivity index (χ4n) is 1.71. The fraction of sp³-hybridized carbons (Fsp3) is 0.462. The van der Waals surface area contributed by atoms with Gasteiger partial charge in [-0.1, -0.05) is 6.07 Å².